The summed E-state index contributed by atoms with van der Waals surface area (Å²) in [6, 6.07) is 0. The van der Waals surface area contributed by atoms with Crippen LogP contribution in [0.4, 0.5) is 0 Å². The fourth-order valence-electron chi connectivity index (χ4n) is 2.27. The van der Waals surface area contributed by atoms with Gasteiger partial charge in [-0.15, -0.1) is 0 Å². The van der Waals surface area contributed by atoms with E-state index in [0.717, 1.165) is 48.4 Å². The van der Waals surface area contributed by atoms with Crippen LogP contribution in [0.15, 0.2) is 0 Å². The van der Waals surface area contributed by atoms with Crippen molar-refractivity contribution in [2.45, 2.75) is 39.3 Å². The molecule has 0 bridgehead atoms. The molecular weight excluding hydrogens is 252 g/mol. The van der Waals surface area contributed by atoms with E-state index in [0.29, 0.717) is 5.15 Å². The summed E-state index contributed by atoms with van der Waals surface area (Å²) >= 11 is 6.05. The minimum absolute atomic E-state index is 0.0389. The maximum absolute atomic E-state index is 6.05. The Morgan fingerprint density at radius 1 is 1.22 bits per heavy atom. The first-order valence-corrected chi connectivity index (χ1v) is 6.55. The number of hydrogen-bond acceptors (Lipinski definition) is 4. The van der Waals surface area contributed by atoms with Gasteiger partial charge in [-0.05, 0) is 33.1 Å². The summed E-state index contributed by atoms with van der Waals surface area (Å²) in [7, 11) is 0. The third-order valence-electron chi connectivity index (χ3n) is 3.24. The number of hydrogen-bond donors (Lipinski definition) is 0. The SMILES string of the molecule is Cc1nc2c(C)nn(C3CCCCO3)c2nc1Cl. The molecule has 0 saturated carbocycles. The van der Waals surface area contributed by atoms with Gasteiger partial charge in [0.15, 0.2) is 17.0 Å². The van der Waals surface area contributed by atoms with E-state index in [1.165, 1.54) is 0 Å². The molecule has 1 unspecified atom stereocenters. The molecule has 0 spiro atoms. The molecule has 96 valence electrons. The number of rotatable bonds is 1. The van der Waals surface area contributed by atoms with Crippen LogP contribution in [0.5, 0.6) is 0 Å². The summed E-state index contributed by atoms with van der Waals surface area (Å²) in [6.45, 7) is 4.56. The van der Waals surface area contributed by atoms with Crippen LogP contribution < -0.4 is 0 Å². The molecule has 0 N–H and O–H groups in total. The monoisotopic (exact) mass is 266 g/mol. The van der Waals surface area contributed by atoms with E-state index in [4.69, 9.17) is 16.3 Å². The Morgan fingerprint density at radius 3 is 2.78 bits per heavy atom. The Balaban J connectivity index is 2.14. The lowest BCUT2D eigenvalue weighted by Gasteiger charge is -2.22. The molecule has 0 aliphatic carbocycles. The number of nitrogens with zero attached hydrogens (tertiary/aromatic N) is 4. The highest BCUT2D eigenvalue weighted by atomic mass is 35.5. The van der Waals surface area contributed by atoms with Crippen LogP contribution in [0, 0.1) is 13.8 Å². The predicted octanol–water partition coefficient (Wildman–Crippen LogP) is 2.80. The van der Waals surface area contributed by atoms with Gasteiger partial charge in [-0.1, -0.05) is 11.6 Å². The number of ether oxygens (including phenoxy) is 1. The average Bonchev–Trinajstić information content (AvgIpc) is 2.69. The molecule has 0 amide bonds. The zero-order valence-corrected chi connectivity index (χ0v) is 11.2. The van der Waals surface area contributed by atoms with Crippen LogP contribution in [0.25, 0.3) is 11.2 Å². The van der Waals surface area contributed by atoms with Crippen LogP contribution in [0.1, 0.15) is 36.9 Å². The lowest BCUT2D eigenvalue weighted by molar-refractivity contribution is -0.0371. The zero-order valence-electron chi connectivity index (χ0n) is 10.5. The highest BCUT2D eigenvalue weighted by Gasteiger charge is 2.22. The number of aromatic nitrogens is 4. The Morgan fingerprint density at radius 2 is 2.06 bits per heavy atom. The standard InChI is InChI=1S/C12H15ClN4O/c1-7-10-12(15-11(13)8(2)14-10)17(16-7)9-5-3-4-6-18-9/h9H,3-6H2,1-2H3. The maximum Gasteiger partial charge on any atom is 0.181 e. The molecule has 1 aliphatic rings. The third kappa shape index (κ3) is 1.87. The van der Waals surface area contributed by atoms with Crippen molar-refractivity contribution in [2.24, 2.45) is 0 Å². The Kier molecular flexibility index (Phi) is 2.95. The lowest BCUT2D eigenvalue weighted by Crippen LogP contribution is -2.19. The number of halogens is 1. The van der Waals surface area contributed by atoms with E-state index in [2.05, 4.69) is 15.1 Å². The Labute approximate surface area is 110 Å². The molecule has 0 radical (unpaired) electrons. The van der Waals surface area contributed by atoms with Gasteiger partial charge in [-0.2, -0.15) is 5.10 Å². The van der Waals surface area contributed by atoms with Gasteiger partial charge in [0.25, 0.3) is 0 Å². The van der Waals surface area contributed by atoms with Gasteiger partial charge in [-0.25, -0.2) is 14.6 Å². The van der Waals surface area contributed by atoms with Gasteiger partial charge in [-0.3, -0.25) is 0 Å². The van der Waals surface area contributed by atoms with Crippen molar-refractivity contribution >= 4 is 22.8 Å². The quantitative estimate of drug-likeness (QED) is 0.796. The van der Waals surface area contributed by atoms with Crippen molar-refractivity contribution in [3.63, 3.8) is 0 Å². The van der Waals surface area contributed by atoms with Gasteiger partial charge < -0.3 is 4.74 Å². The first kappa shape index (κ1) is 11.9. The van der Waals surface area contributed by atoms with Gasteiger partial charge in [0, 0.05) is 6.61 Å². The lowest BCUT2D eigenvalue weighted by atomic mass is 10.2. The first-order chi connectivity index (χ1) is 8.66. The zero-order chi connectivity index (χ0) is 12.7. The van der Waals surface area contributed by atoms with Crippen LogP contribution in [-0.2, 0) is 4.74 Å². The largest absolute Gasteiger partial charge is 0.356 e. The fraction of sp³-hybridized carbons (Fsp3) is 0.583. The molecule has 1 saturated heterocycles. The second kappa shape index (κ2) is 4.48. The fourth-order valence-corrected chi connectivity index (χ4v) is 2.39. The van der Waals surface area contributed by atoms with Crippen molar-refractivity contribution in [3.05, 3.63) is 16.5 Å². The minimum atomic E-state index is -0.0389. The molecule has 6 heteroatoms. The summed E-state index contributed by atoms with van der Waals surface area (Å²) in [5, 5.41) is 4.93. The first-order valence-electron chi connectivity index (χ1n) is 6.17. The van der Waals surface area contributed by atoms with Gasteiger partial charge in [0.05, 0.1) is 11.4 Å². The molecular formula is C12H15ClN4O. The van der Waals surface area contributed by atoms with Crippen molar-refractivity contribution < 1.29 is 4.74 Å². The molecule has 0 aromatic carbocycles. The van der Waals surface area contributed by atoms with E-state index in [-0.39, 0.29) is 6.23 Å². The minimum Gasteiger partial charge on any atom is -0.356 e. The molecule has 18 heavy (non-hydrogen) atoms. The topological polar surface area (TPSA) is 52.8 Å². The highest BCUT2D eigenvalue weighted by Crippen LogP contribution is 2.27. The molecule has 3 rings (SSSR count). The summed E-state index contributed by atoms with van der Waals surface area (Å²) in [5.41, 5.74) is 3.13. The Bertz CT molecular complexity index is 589. The number of aryl methyl sites for hydroxylation is 2. The molecule has 3 heterocycles. The van der Waals surface area contributed by atoms with Gasteiger partial charge in [0.2, 0.25) is 0 Å². The third-order valence-corrected chi connectivity index (χ3v) is 3.60. The summed E-state index contributed by atoms with van der Waals surface area (Å²) in [5.74, 6) is 0. The van der Waals surface area contributed by atoms with Crippen molar-refractivity contribution in [1.29, 1.82) is 0 Å². The molecule has 2 aromatic heterocycles. The second-order valence-corrected chi connectivity index (χ2v) is 4.98. The van der Waals surface area contributed by atoms with E-state index in [1.54, 1.807) is 0 Å². The van der Waals surface area contributed by atoms with Crippen LogP contribution in [-0.4, -0.2) is 26.4 Å². The van der Waals surface area contributed by atoms with Crippen molar-refractivity contribution in [3.8, 4) is 0 Å². The van der Waals surface area contributed by atoms with Crippen molar-refractivity contribution in [2.75, 3.05) is 6.61 Å². The normalized spacial score (nSPS) is 20.5. The molecule has 1 fully saturated rings. The maximum atomic E-state index is 6.05. The van der Waals surface area contributed by atoms with Crippen LogP contribution >= 0.6 is 11.6 Å². The van der Waals surface area contributed by atoms with Gasteiger partial charge >= 0.3 is 0 Å². The van der Waals surface area contributed by atoms with E-state index in [1.807, 2.05) is 18.5 Å². The molecule has 1 aliphatic heterocycles. The van der Waals surface area contributed by atoms with Crippen LogP contribution in [0.3, 0.4) is 0 Å². The predicted molar refractivity (Wildman–Crippen MR) is 68.6 cm³/mol. The van der Waals surface area contributed by atoms with E-state index < -0.39 is 0 Å². The van der Waals surface area contributed by atoms with E-state index >= 15 is 0 Å². The average molecular weight is 267 g/mol. The molecule has 1 atom stereocenters. The van der Waals surface area contributed by atoms with Crippen molar-refractivity contribution in [1.82, 2.24) is 19.7 Å². The number of fused-ring (bicyclic) bond motifs is 1. The highest BCUT2D eigenvalue weighted by molar-refractivity contribution is 6.30. The summed E-state index contributed by atoms with van der Waals surface area (Å²) in [4.78, 5) is 8.85. The molecule has 2 aromatic rings. The second-order valence-electron chi connectivity index (χ2n) is 4.62. The van der Waals surface area contributed by atoms with E-state index in [9.17, 15) is 0 Å². The smallest absolute Gasteiger partial charge is 0.181 e. The van der Waals surface area contributed by atoms with Crippen LogP contribution in [0.2, 0.25) is 5.15 Å². The van der Waals surface area contributed by atoms with Gasteiger partial charge in [0.1, 0.15) is 5.52 Å². The Hall–Kier alpha value is -1.20. The summed E-state index contributed by atoms with van der Waals surface area (Å²) in [6.07, 6.45) is 3.19. The summed E-state index contributed by atoms with van der Waals surface area (Å²) < 4.78 is 7.57. The molecule has 5 nitrogen and oxygen atoms in total.